The highest BCUT2D eigenvalue weighted by atomic mass is 32.2. The number of benzene rings is 2. The minimum absolute atomic E-state index is 0.0511. The van der Waals surface area contributed by atoms with Crippen molar-refractivity contribution >= 4 is 46.4 Å². The first-order valence-electron chi connectivity index (χ1n) is 9.41. The van der Waals surface area contributed by atoms with E-state index in [1.54, 1.807) is 11.8 Å². The summed E-state index contributed by atoms with van der Waals surface area (Å²) in [6.07, 6.45) is 5.02. The van der Waals surface area contributed by atoms with Gasteiger partial charge in [-0.2, -0.15) is 11.8 Å². The van der Waals surface area contributed by atoms with Gasteiger partial charge in [0.1, 0.15) is 0 Å². The smallest absolute Gasteiger partial charge is 0.266 e. The van der Waals surface area contributed by atoms with E-state index < -0.39 is 0 Å². The van der Waals surface area contributed by atoms with Gasteiger partial charge in [0.15, 0.2) is 5.17 Å². The molecular formula is C23H26N2OS2. The van der Waals surface area contributed by atoms with E-state index in [4.69, 9.17) is 4.99 Å². The van der Waals surface area contributed by atoms with E-state index in [2.05, 4.69) is 51.3 Å². The number of aliphatic imine (C=N–C) groups is 1. The van der Waals surface area contributed by atoms with Gasteiger partial charge in [0.25, 0.3) is 5.91 Å². The van der Waals surface area contributed by atoms with Gasteiger partial charge in [0, 0.05) is 6.54 Å². The van der Waals surface area contributed by atoms with E-state index in [0.29, 0.717) is 6.54 Å². The van der Waals surface area contributed by atoms with E-state index in [9.17, 15) is 4.79 Å². The fourth-order valence-electron chi connectivity index (χ4n) is 2.97. The Morgan fingerprint density at radius 3 is 2.64 bits per heavy atom. The summed E-state index contributed by atoms with van der Waals surface area (Å²) in [7, 11) is 0. The lowest BCUT2D eigenvalue weighted by Crippen LogP contribution is -2.30. The zero-order valence-electron chi connectivity index (χ0n) is 16.9. The molecule has 2 aromatic rings. The average Bonchev–Trinajstić information content (AvgIpc) is 2.94. The molecule has 3 nitrogen and oxygen atoms in total. The average molecular weight is 411 g/mol. The summed E-state index contributed by atoms with van der Waals surface area (Å²) in [4.78, 5) is 20.4. The first-order valence-corrected chi connectivity index (χ1v) is 11.6. The molecule has 1 fully saturated rings. The first-order chi connectivity index (χ1) is 13.5. The number of hydrogen-bond donors (Lipinski definition) is 0. The van der Waals surface area contributed by atoms with Crippen molar-refractivity contribution in [2.75, 3.05) is 18.6 Å². The maximum atomic E-state index is 13.1. The Labute approximate surface area is 176 Å². The third kappa shape index (κ3) is 5.09. The van der Waals surface area contributed by atoms with E-state index in [1.807, 2.05) is 29.2 Å². The van der Waals surface area contributed by atoms with Gasteiger partial charge in [0.05, 0.1) is 10.6 Å². The number of carbonyl (C=O) groups excluding carboxylic acids is 1. The monoisotopic (exact) mass is 410 g/mol. The van der Waals surface area contributed by atoms with E-state index in [0.717, 1.165) is 33.5 Å². The summed E-state index contributed by atoms with van der Waals surface area (Å²) in [5, 5.41) is 0.772. The molecule has 0 bridgehead atoms. The predicted octanol–water partition coefficient (Wildman–Crippen LogP) is 5.97. The number of amides is 1. The van der Waals surface area contributed by atoms with Gasteiger partial charge < -0.3 is 0 Å². The summed E-state index contributed by atoms with van der Waals surface area (Å²) in [5.74, 6) is 1.08. The Bertz CT molecular complexity index is 934. The molecule has 3 rings (SSSR count). The van der Waals surface area contributed by atoms with E-state index in [1.165, 1.54) is 28.5 Å². The topological polar surface area (TPSA) is 32.7 Å². The number of hydrogen-bond acceptors (Lipinski definition) is 4. The number of amidine groups is 1. The largest absolute Gasteiger partial charge is 0.286 e. The molecule has 2 aromatic carbocycles. The summed E-state index contributed by atoms with van der Waals surface area (Å²) in [6.45, 7) is 6.94. The number of thioether (sulfide) groups is 2. The molecule has 0 aliphatic carbocycles. The highest BCUT2D eigenvalue weighted by Gasteiger charge is 2.33. The summed E-state index contributed by atoms with van der Waals surface area (Å²) in [6, 6.07) is 14.4. The van der Waals surface area contributed by atoms with E-state index in [-0.39, 0.29) is 5.91 Å². The highest BCUT2D eigenvalue weighted by Crippen LogP contribution is 2.34. The van der Waals surface area contributed by atoms with Gasteiger partial charge in [-0.15, -0.1) is 0 Å². The molecule has 1 heterocycles. The normalized spacial score (nSPS) is 17.1. The van der Waals surface area contributed by atoms with Crippen molar-refractivity contribution in [3.63, 3.8) is 0 Å². The van der Waals surface area contributed by atoms with Crippen LogP contribution in [0.25, 0.3) is 6.08 Å². The fourth-order valence-corrected chi connectivity index (χ4v) is 4.41. The van der Waals surface area contributed by atoms with Crippen molar-refractivity contribution in [3.05, 3.63) is 69.6 Å². The van der Waals surface area contributed by atoms with Crippen molar-refractivity contribution in [1.82, 2.24) is 4.90 Å². The molecule has 0 aromatic heterocycles. The van der Waals surface area contributed by atoms with Gasteiger partial charge in [-0.25, -0.2) is 4.99 Å². The minimum atomic E-state index is 0.0511. The van der Waals surface area contributed by atoms with Crippen molar-refractivity contribution in [3.8, 4) is 0 Å². The summed E-state index contributed by atoms with van der Waals surface area (Å²) >= 11 is 3.27. The standard InChI is InChI=1S/C23H26N2OS2/c1-16-7-5-8-19(13-16)15-21-22(26)25(11-6-12-27-4)23(28-21)24-20-10-9-17(2)18(3)14-20/h5,7-10,13-15H,6,11-12H2,1-4H3. The molecule has 1 amide bonds. The van der Waals surface area contributed by atoms with Crippen LogP contribution in [0, 0.1) is 20.8 Å². The number of rotatable bonds is 6. The zero-order chi connectivity index (χ0) is 20.1. The molecule has 0 spiro atoms. The van der Waals surface area contributed by atoms with E-state index >= 15 is 0 Å². The molecule has 1 aliphatic heterocycles. The SMILES string of the molecule is CSCCCN1C(=O)C(=Cc2cccc(C)c2)SC1=Nc1ccc(C)c(C)c1. The van der Waals surface area contributed by atoms with Crippen LogP contribution in [0.4, 0.5) is 5.69 Å². The Hall–Kier alpha value is -1.98. The number of aryl methyl sites for hydroxylation is 3. The lowest BCUT2D eigenvalue weighted by atomic mass is 10.1. The van der Waals surface area contributed by atoms with Gasteiger partial charge >= 0.3 is 0 Å². The Balaban J connectivity index is 1.92. The second-order valence-electron chi connectivity index (χ2n) is 6.99. The van der Waals surface area contributed by atoms with Crippen LogP contribution in [0.15, 0.2) is 52.4 Å². The third-order valence-corrected chi connectivity index (χ3v) is 6.38. The fraction of sp³-hybridized carbons (Fsp3) is 0.304. The molecule has 1 aliphatic rings. The minimum Gasteiger partial charge on any atom is -0.286 e. The molecule has 0 unspecified atom stereocenters. The van der Waals surface area contributed by atoms with Crippen LogP contribution >= 0.6 is 23.5 Å². The highest BCUT2D eigenvalue weighted by molar-refractivity contribution is 8.18. The van der Waals surface area contributed by atoms with Crippen LogP contribution in [0.3, 0.4) is 0 Å². The second kappa shape index (κ2) is 9.48. The second-order valence-corrected chi connectivity index (χ2v) is 8.99. The molecule has 0 radical (unpaired) electrons. The Morgan fingerprint density at radius 2 is 1.93 bits per heavy atom. The predicted molar refractivity (Wildman–Crippen MR) is 124 cm³/mol. The Kier molecular flexibility index (Phi) is 7.03. The van der Waals surface area contributed by atoms with Crippen molar-refractivity contribution in [2.24, 2.45) is 4.99 Å². The molecular weight excluding hydrogens is 384 g/mol. The van der Waals surface area contributed by atoms with Gasteiger partial charge in [0.2, 0.25) is 0 Å². The quantitative estimate of drug-likeness (QED) is 0.434. The van der Waals surface area contributed by atoms with Gasteiger partial charge in [-0.05, 0) is 85.9 Å². The molecule has 0 N–H and O–H groups in total. The van der Waals surface area contributed by atoms with Crippen LogP contribution in [-0.2, 0) is 4.79 Å². The maximum Gasteiger partial charge on any atom is 0.266 e. The van der Waals surface area contributed by atoms with Crippen LogP contribution in [0.5, 0.6) is 0 Å². The maximum absolute atomic E-state index is 13.1. The molecule has 146 valence electrons. The van der Waals surface area contributed by atoms with Crippen LogP contribution in [-0.4, -0.2) is 34.5 Å². The molecule has 28 heavy (non-hydrogen) atoms. The lowest BCUT2D eigenvalue weighted by Gasteiger charge is -2.15. The summed E-state index contributed by atoms with van der Waals surface area (Å²) in [5.41, 5.74) is 5.58. The zero-order valence-corrected chi connectivity index (χ0v) is 18.5. The van der Waals surface area contributed by atoms with Crippen LogP contribution < -0.4 is 0 Å². The van der Waals surface area contributed by atoms with Crippen LogP contribution in [0.2, 0.25) is 0 Å². The van der Waals surface area contributed by atoms with Crippen LogP contribution in [0.1, 0.15) is 28.7 Å². The Morgan fingerprint density at radius 1 is 1.11 bits per heavy atom. The third-order valence-electron chi connectivity index (χ3n) is 4.67. The summed E-state index contributed by atoms with van der Waals surface area (Å²) < 4.78 is 0. The molecule has 0 atom stereocenters. The molecule has 1 saturated heterocycles. The van der Waals surface area contributed by atoms with Crippen molar-refractivity contribution < 1.29 is 4.79 Å². The molecule has 0 saturated carbocycles. The van der Waals surface area contributed by atoms with Crippen molar-refractivity contribution in [1.29, 1.82) is 0 Å². The van der Waals surface area contributed by atoms with Gasteiger partial charge in [-0.3, -0.25) is 9.69 Å². The number of nitrogens with zero attached hydrogens (tertiary/aromatic N) is 2. The van der Waals surface area contributed by atoms with Gasteiger partial charge in [-0.1, -0.05) is 35.9 Å². The first kappa shape index (κ1) is 20.7. The number of carbonyl (C=O) groups is 1. The lowest BCUT2D eigenvalue weighted by molar-refractivity contribution is -0.122. The van der Waals surface area contributed by atoms with Crippen molar-refractivity contribution in [2.45, 2.75) is 27.2 Å². The molecule has 5 heteroatoms.